The number of guanidine groups is 2. The van der Waals surface area contributed by atoms with Crippen LogP contribution in [0.3, 0.4) is 0 Å². The Morgan fingerprint density at radius 2 is 0.740 bits per heavy atom. The Hall–Kier alpha value is -13.6. The van der Waals surface area contributed by atoms with Gasteiger partial charge in [-0.15, -0.1) is 11.6 Å². The lowest BCUT2D eigenvalue weighted by atomic mass is 9.81. The van der Waals surface area contributed by atoms with Gasteiger partial charge in [0.1, 0.15) is 48.3 Å². The maximum Gasteiger partial charge on any atom is 0.336 e. The van der Waals surface area contributed by atoms with Gasteiger partial charge in [-0.1, -0.05) is 65.7 Å². The number of imide groups is 3. The molecule has 5 heterocycles. The van der Waals surface area contributed by atoms with Crippen LogP contribution in [0.25, 0.3) is 0 Å². The Balaban J connectivity index is 0.000000318. The summed E-state index contributed by atoms with van der Waals surface area (Å²) in [5, 5.41) is 47.4. The van der Waals surface area contributed by atoms with Gasteiger partial charge < -0.3 is 103 Å². The summed E-state index contributed by atoms with van der Waals surface area (Å²) in [5.74, 6) is -14.4. The van der Waals surface area contributed by atoms with Gasteiger partial charge in [0.05, 0.1) is 31.8 Å². The van der Waals surface area contributed by atoms with Crippen molar-refractivity contribution in [2.45, 2.75) is 190 Å². The number of nitrogens with zero attached hydrogens (tertiary/aromatic N) is 5. The number of hydrogen-bond donors (Lipinski definition) is 18. The smallest absolute Gasteiger partial charge is 0.336 e. The van der Waals surface area contributed by atoms with E-state index >= 15 is 0 Å². The fourth-order valence-corrected chi connectivity index (χ4v) is 14.7. The van der Waals surface area contributed by atoms with Crippen LogP contribution in [0.15, 0.2) is 107 Å². The second-order valence-corrected chi connectivity index (χ2v) is 31.3. The third-order valence-electron chi connectivity index (χ3n) is 21.3. The number of benzene rings is 2. The monoisotopic (exact) mass is 1790 g/mol. The number of amides is 17. The van der Waals surface area contributed by atoms with Crippen molar-refractivity contribution in [1.82, 2.24) is 79.5 Å². The normalized spacial score (nSPS) is 23.8. The van der Waals surface area contributed by atoms with Crippen molar-refractivity contribution < 1.29 is 111 Å². The number of carboxylic acids is 2. The summed E-state index contributed by atoms with van der Waals surface area (Å²) in [5.41, 5.74) is 22.9. The molecule has 0 radical (unpaired) electrons. The van der Waals surface area contributed by atoms with Gasteiger partial charge in [0.15, 0.2) is 11.9 Å². The van der Waals surface area contributed by atoms with Crippen LogP contribution in [-0.4, -0.2) is 255 Å². The molecule has 2 aliphatic carbocycles. The van der Waals surface area contributed by atoms with E-state index in [4.69, 9.17) is 39.4 Å². The van der Waals surface area contributed by atoms with Crippen LogP contribution in [0.4, 0.5) is 0 Å². The molecule has 45 heteroatoms. The zero-order valence-corrected chi connectivity index (χ0v) is 70.7. The van der Waals surface area contributed by atoms with Crippen molar-refractivity contribution in [3.8, 4) is 0 Å². The number of carboxylic acid groups (broad SMARTS) is 2. The summed E-state index contributed by atoms with van der Waals surface area (Å²) in [6, 6.07) is 7.05. The number of carbonyl (C=O) groups excluding carboxylic acids is 18. The molecule has 0 spiro atoms. The molecule has 0 bridgehead atoms. The summed E-state index contributed by atoms with van der Waals surface area (Å²) in [6.07, 6.45) is 13.2. The number of alkyl halides is 1. The molecule has 8 atom stereocenters. The number of unbranched alkanes of at least 4 members (excludes halogenated alkanes) is 2. The molecule has 2 aromatic carbocycles. The molecule has 4 fully saturated rings. The maximum absolute atomic E-state index is 14.0. The molecule has 44 nitrogen and oxygen atoms in total. The summed E-state index contributed by atoms with van der Waals surface area (Å²) < 4.78 is 0. The van der Waals surface area contributed by atoms with E-state index in [2.05, 4.69) is 68.5 Å². The van der Waals surface area contributed by atoms with Gasteiger partial charge in [-0.05, 0) is 139 Å². The van der Waals surface area contributed by atoms with Gasteiger partial charge in [0.2, 0.25) is 65.0 Å². The Bertz CT molecular complexity index is 4400. The molecular formula is C82H112ClN21O23. The van der Waals surface area contributed by atoms with E-state index in [0.29, 0.717) is 119 Å². The number of carbonyl (C=O) groups is 20. The minimum absolute atomic E-state index is 0. The van der Waals surface area contributed by atoms with Crippen molar-refractivity contribution in [3.05, 3.63) is 108 Å². The average molecular weight is 1800 g/mol. The summed E-state index contributed by atoms with van der Waals surface area (Å²) in [4.78, 5) is 266. The number of hydrogen-bond acceptors (Lipinski definition) is 24. The average Bonchev–Trinajstić information content (AvgIpc) is 1.53. The number of halogens is 1. The molecule has 8 unspecified atom stereocenters. The molecule has 9 rings (SSSR count). The number of hydroxylamine groups is 2. The molecule has 2 saturated carbocycles. The Morgan fingerprint density at radius 1 is 0.409 bits per heavy atom. The van der Waals surface area contributed by atoms with E-state index in [-0.39, 0.29) is 130 Å². The van der Waals surface area contributed by atoms with Gasteiger partial charge in [-0.3, -0.25) is 111 Å². The number of nitrogens with two attached hydrogens (primary N) is 4. The van der Waals surface area contributed by atoms with Crippen LogP contribution >= 0.6 is 11.6 Å². The first-order valence-corrected chi connectivity index (χ1v) is 42.0. The summed E-state index contributed by atoms with van der Waals surface area (Å²) >= 11 is 5.81. The van der Waals surface area contributed by atoms with Crippen LogP contribution in [0, 0.1) is 23.7 Å². The number of aliphatic carboxylic acids is 2. The zero-order chi connectivity index (χ0) is 91.9. The van der Waals surface area contributed by atoms with Crippen molar-refractivity contribution in [2.24, 2.45) is 56.6 Å². The minimum Gasteiger partial charge on any atom is -0.481 e. The topological polar surface area (TPSA) is 697 Å². The van der Waals surface area contributed by atoms with Crippen molar-refractivity contribution in [1.29, 1.82) is 0 Å². The molecule has 690 valence electrons. The van der Waals surface area contributed by atoms with E-state index in [1.54, 1.807) is 60.7 Å². The summed E-state index contributed by atoms with van der Waals surface area (Å²) in [7, 11) is 0. The van der Waals surface area contributed by atoms with Crippen LogP contribution in [0.1, 0.15) is 140 Å². The maximum atomic E-state index is 14.0. The van der Waals surface area contributed by atoms with E-state index < -0.39 is 169 Å². The van der Waals surface area contributed by atoms with E-state index in [0.717, 1.165) is 12.2 Å². The lowest BCUT2D eigenvalue weighted by Gasteiger charge is -2.30. The second kappa shape index (κ2) is 52.3. The first kappa shape index (κ1) is 102. The van der Waals surface area contributed by atoms with Gasteiger partial charge in [-0.25, -0.2) is 4.79 Å². The largest absolute Gasteiger partial charge is 0.481 e. The molecule has 2 aromatic rings. The molecule has 127 heavy (non-hydrogen) atoms. The number of nitrogens with one attached hydrogen (secondary N) is 11. The third kappa shape index (κ3) is 34.8. The fraction of sp³-hybridized carbons (Fsp3) is 0.512. The Morgan fingerprint density at radius 3 is 1.11 bits per heavy atom. The highest BCUT2D eigenvalue weighted by Gasteiger charge is 2.40. The lowest BCUT2D eigenvalue weighted by molar-refractivity contribution is -0.200. The Labute approximate surface area is 735 Å². The van der Waals surface area contributed by atoms with Crippen molar-refractivity contribution in [3.63, 3.8) is 0 Å². The predicted octanol–water partition coefficient (Wildman–Crippen LogP) is -3.66. The molecule has 24 N–H and O–H groups in total. The minimum atomic E-state index is -1.60. The fourth-order valence-electron chi connectivity index (χ4n) is 14.5. The van der Waals surface area contributed by atoms with Crippen molar-refractivity contribution >= 4 is 142 Å². The van der Waals surface area contributed by atoms with Crippen LogP contribution in [0.5, 0.6) is 0 Å². The van der Waals surface area contributed by atoms with Crippen LogP contribution in [-0.2, 0) is 114 Å². The predicted molar refractivity (Wildman–Crippen MR) is 452 cm³/mol. The molecule has 2 saturated heterocycles. The molecule has 7 aliphatic rings. The van der Waals surface area contributed by atoms with Gasteiger partial charge in [0, 0.05) is 93.8 Å². The first-order valence-electron chi connectivity index (χ1n) is 41.4. The first-order chi connectivity index (χ1) is 60.1. The lowest BCUT2D eigenvalue weighted by Crippen LogP contribution is -2.58. The van der Waals surface area contributed by atoms with Crippen LogP contribution in [0.2, 0.25) is 0 Å². The second-order valence-electron chi connectivity index (χ2n) is 30.9. The number of aliphatic imine (C=N–C) groups is 2. The van der Waals surface area contributed by atoms with E-state index in [1.165, 1.54) is 34.1 Å². The van der Waals surface area contributed by atoms with Gasteiger partial charge in [-0.2, -0.15) is 0 Å². The van der Waals surface area contributed by atoms with E-state index in [9.17, 15) is 106 Å². The van der Waals surface area contributed by atoms with E-state index in [1.807, 2.05) is 0 Å². The quantitative estimate of drug-likeness (QED) is 0.0110. The Kier molecular flexibility index (Phi) is 42.1. The highest BCUT2D eigenvalue weighted by atomic mass is 35.5. The highest BCUT2D eigenvalue weighted by Crippen LogP contribution is 2.33. The molecular weight excluding hydrogens is 1680 g/mol. The number of rotatable bonds is 32. The third-order valence-corrected chi connectivity index (χ3v) is 21.6. The molecule has 17 amide bonds. The molecule has 0 aromatic heterocycles. The zero-order valence-electron chi connectivity index (χ0n) is 70.0. The van der Waals surface area contributed by atoms with Crippen molar-refractivity contribution in [2.75, 3.05) is 51.7 Å². The standard InChI is InChI=1S/C39H54N10O10.C27H39ClN8O7.C16H16N2O6.H3N/c40-39(41)43-18-6-10-26-35(56)44-21-30(50)45-29(20-33(53)54)38(59)48-28(19-23-7-2-1-3-8-23)37(58)47-27(36(57)46-26)9-4-5-17-42-34(55)25-13-11-24(12-14-25)22-49-31(51)15-16-32(49)52;28-11-5-4-9-18-24(41)34-17(10-6-12-31-27(29)30)23(40)32-15-21(37)33-20(14-22(38)39)26(43)36-19(25(42)35-18)13-16-7-2-1-3-8-16;19-12-5-6-13(20)17(12)9-10-1-3-11(4-2-10)16(23)24-18-14(21)7-8-15(18)22;/h1-3,7-8,15-16,24-29H,4-6,9-14,17-22H2,(H,42,55)(H,44,56)(H,45,50)(H,46,57)(H,47,58)(H,48,59)(H,53,54)(H4,40,41,43);1-3,7-8,17-20H,4-6,9-15H2,(H,32,40)(H,33,37)(H,34,41)(H,35,42)(H,36,43)(H,38,39)(H4,29,30,31);5-8,10-11H,1-4,9H2;1H3. The highest BCUT2D eigenvalue weighted by molar-refractivity contribution is 6.18. The summed E-state index contributed by atoms with van der Waals surface area (Å²) in [6.45, 7) is -0.00886. The SMILES string of the molecule is N.NC(N)=NCCCC1NC(=O)C(CCCCCl)NC(=O)C(Cc2ccccc2)NC(=O)C(CC(=O)O)NC(=O)CNC1=O.NC(N)=NCCCC1NC(=O)C(CCCCNC(=O)C2CCC(CN3C(=O)C=CC3=O)CC2)NC(=O)C(Cc2ccccc2)NC(=O)C(CC(=O)O)NC(=O)CNC1=O.O=C(ON1C(=O)C=CC1=O)C1CCC(CN2C(=O)C=CC2=O)CC1. The van der Waals surface area contributed by atoms with Crippen LogP contribution < -0.4 is 87.6 Å². The molecule has 5 aliphatic heterocycles. The van der Waals surface area contributed by atoms with Gasteiger partial charge in [0.25, 0.3) is 35.4 Å². The van der Waals surface area contributed by atoms with Gasteiger partial charge >= 0.3 is 17.9 Å².